The van der Waals surface area contributed by atoms with Crippen molar-refractivity contribution >= 4 is 26.1 Å². The Morgan fingerprint density at radius 3 is 3.00 bits per heavy atom. The SMILES string of the molecule is Cn1c(=O)[nH]c(=O)c2c1n[se][n+]2[O-]. The van der Waals surface area contributed by atoms with Crippen LogP contribution in [0.3, 0.4) is 0 Å². The number of H-pyrrole nitrogens is 1. The van der Waals surface area contributed by atoms with Gasteiger partial charge in [-0.15, -0.1) is 0 Å². The summed E-state index contributed by atoms with van der Waals surface area (Å²) >= 11 is -0.666. The van der Waals surface area contributed by atoms with Gasteiger partial charge in [-0.25, -0.2) is 0 Å². The average Bonchev–Trinajstić information content (AvgIpc) is 2.44. The normalized spacial score (nSPS) is 10.8. The molecule has 2 aromatic heterocycles. The molecule has 0 spiro atoms. The Bertz CT molecular complexity index is 579. The van der Waals surface area contributed by atoms with Crippen molar-refractivity contribution in [1.82, 2.24) is 13.5 Å². The molecule has 2 aromatic rings. The van der Waals surface area contributed by atoms with Gasteiger partial charge in [0, 0.05) is 0 Å². The van der Waals surface area contributed by atoms with Crippen LogP contribution in [0.25, 0.3) is 11.2 Å². The zero-order valence-electron chi connectivity index (χ0n) is 6.47. The fraction of sp³-hybridized carbons (Fsp3) is 0.200. The molecule has 13 heavy (non-hydrogen) atoms. The first-order valence-electron chi connectivity index (χ1n) is 3.30. The van der Waals surface area contributed by atoms with Crippen molar-refractivity contribution in [3.05, 3.63) is 26.0 Å². The zero-order chi connectivity index (χ0) is 9.59. The van der Waals surface area contributed by atoms with E-state index in [1.165, 1.54) is 7.05 Å². The Balaban J connectivity index is 3.18. The molecule has 8 heteroatoms. The Labute approximate surface area is 77.0 Å². The van der Waals surface area contributed by atoms with Crippen molar-refractivity contribution in [3.8, 4) is 0 Å². The van der Waals surface area contributed by atoms with Crippen molar-refractivity contribution in [1.29, 1.82) is 0 Å². The molecule has 0 aliphatic carbocycles. The van der Waals surface area contributed by atoms with E-state index in [9.17, 15) is 14.8 Å². The van der Waals surface area contributed by atoms with Crippen LogP contribution in [0.4, 0.5) is 0 Å². The number of aromatic nitrogens is 4. The molecule has 68 valence electrons. The number of aryl methyl sites for hydroxylation is 1. The molecular weight excluding hydrogens is 243 g/mol. The summed E-state index contributed by atoms with van der Waals surface area (Å²) in [5.41, 5.74) is -1.12. The Kier molecular flexibility index (Phi) is 1.61. The van der Waals surface area contributed by atoms with E-state index in [1.54, 1.807) is 0 Å². The van der Waals surface area contributed by atoms with Crippen LogP contribution in [0.1, 0.15) is 0 Å². The van der Waals surface area contributed by atoms with Gasteiger partial charge >= 0.3 is 76.5 Å². The molecule has 0 fully saturated rings. The van der Waals surface area contributed by atoms with Gasteiger partial charge < -0.3 is 0 Å². The molecule has 0 unspecified atom stereocenters. The van der Waals surface area contributed by atoms with E-state index >= 15 is 0 Å². The predicted octanol–water partition coefficient (Wildman–Crippen LogP) is -2.69. The summed E-state index contributed by atoms with van der Waals surface area (Å²) in [6.07, 6.45) is 0. The summed E-state index contributed by atoms with van der Waals surface area (Å²) in [6, 6.07) is 0. The molecule has 0 saturated carbocycles. The number of rotatable bonds is 0. The van der Waals surface area contributed by atoms with E-state index in [-0.39, 0.29) is 11.2 Å². The van der Waals surface area contributed by atoms with Crippen LogP contribution < -0.4 is 15.0 Å². The Hall–Kier alpha value is -1.40. The van der Waals surface area contributed by atoms with E-state index in [0.717, 1.165) is 4.57 Å². The van der Waals surface area contributed by atoms with Crippen molar-refractivity contribution in [2.45, 2.75) is 0 Å². The van der Waals surface area contributed by atoms with E-state index in [4.69, 9.17) is 0 Å². The van der Waals surface area contributed by atoms with Gasteiger partial charge in [0.25, 0.3) is 0 Å². The molecule has 0 amide bonds. The minimum absolute atomic E-state index is 0.0675. The summed E-state index contributed by atoms with van der Waals surface area (Å²) in [5, 5.41) is 11.1. The fourth-order valence-electron chi connectivity index (χ4n) is 0.982. The molecule has 0 atom stereocenters. The van der Waals surface area contributed by atoms with E-state index in [2.05, 4.69) is 3.98 Å². The quantitative estimate of drug-likeness (QED) is 0.405. The van der Waals surface area contributed by atoms with Gasteiger partial charge in [-0.1, -0.05) is 0 Å². The molecule has 2 rings (SSSR count). The number of hydrogen-bond acceptors (Lipinski definition) is 4. The van der Waals surface area contributed by atoms with Crippen LogP contribution in [-0.2, 0) is 7.05 Å². The number of fused-ring (bicyclic) bond motifs is 1. The summed E-state index contributed by atoms with van der Waals surface area (Å²) in [6.45, 7) is 0. The van der Waals surface area contributed by atoms with Crippen LogP contribution in [0.2, 0.25) is 0 Å². The summed E-state index contributed by atoms with van der Waals surface area (Å²) < 4.78 is 5.48. The molecule has 1 N–H and O–H groups in total. The third-order valence-corrected chi connectivity index (χ3v) is 2.88. The van der Waals surface area contributed by atoms with Gasteiger partial charge in [-0.2, -0.15) is 0 Å². The molecular formula is C5H4N4O3Se. The van der Waals surface area contributed by atoms with Crippen LogP contribution in [0.15, 0.2) is 9.59 Å². The Morgan fingerprint density at radius 1 is 1.62 bits per heavy atom. The topological polar surface area (TPSA) is 94.7 Å². The molecule has 0 aliphatic heterocycles. The summed E-state index contributed by atoms with van der Waals surface area (Å²) in [5.74, 6) is 0. The minimum atomic E-state index is -0.670. The Morgan fingerprint density at radius 2 is 2.31 bits per heavy atom. The van der Waals surface area contributed by atoms with Crippen LogP contribution in [-0.4, -0.2) is 28.5 Å². The van der Waals surface area contributed by atoms with Crippen molar-refractivity contribution in [2.24, 2.45) is 7.05 Å². The van der Waals surface area contributed by atoms with Crippen LogP contribution in [0, 0.1) is 5.21 Å². The average molecular weight is 247 g/mol. The van der Waals surface area contributed by atoms with E-state index < -0.39 is 26.2 Å². The summed E-state index contributed by atoms with van der Waals surface area (Å²) in [7, 11) is 1.45. The van der Waals surface area contributed by atoms with E-state index in [0.29, 0.717) is 3.73 Å². The fourth-order valence-corrected chi connectivity index (χ4v) is 2.26. The predicted molar refractivity (Wildman–Crippen MR) is 43.5 cm³/mol. The second-order valence-corrected chi connectivity index (χ2v) is 3.84. The van der Waals surface area contributed by atoms with Crippen LogP contribution in [0.5, 0.6) is 0 Å². The van der Waals surface area contributed by atoms with Gasteiger partial charge in [-0.05, 0) is 0 Å². The molecule has 0 bridgehead atoms. The van der Waals surface area contributed by atoms with Crippen molar-refractivity contribution < 1.29 is 3.73 Å². The number of aromatic amines is 1. The van der Waals surface area contributed by atoms with Crippen molar-refractivity contribution in [2.75, 3.05) is 0 Å². The first-order valence-corrected chi connectivity index (χ1v) is 4.83. The second kappa shape index (κ2) is 2.54. The third kappa shape index (κ3) is 1.03. The molecule has 2 heterocycles. The number of hydrogen-bond donors (Lipinski definition) is 1. The van der Waals surface area contributed by atoms with Crippen LogP contribution >= 0.6 is 0 Å². The molecule has 0 aliphatic rings. The summed E-state index contributed by atoms with van der Waals surface area (Å²) in [4.78, 5) is 24.2. The number of nitrogens with zero attached hydrogens (tertiary/aromatic N) is 3. The molecule has 0 radical (unpaired) electrons. The van der Waals surface area contributed by atoms with Crippen molar-refractivity contribution in [3.63, 3.8) is 0 Å². The molecule has 7 nitrogen and oxygen atoms in total. The molecule has 0 saturated heterocycles. The van der Waals surface area contributed by atoms with Gasteiger partial charge in [0.1, 0.15) is 0 Å². The first kappa shape index (κ1) is 8.21. The standard InChI is InChI=1S/C5H4N4O3Se/c1-8-3-2(9(12)13-7-3)4(10)6-5(8)11/h1H3,(H,6,10,11). The van der Waals surface area contributed by atoms with Gasteiger partial charge in [0.05, 0.1) is 0 Å². The molecule has 0 aromatic carbocycles. The maximum absolute atomic E-state index is 11.1. The third-order valence-electron chi connectivity index (χ3n) is 1.65. The monoisotopic (exact) mass is 248 g/mol. The second-order valence-electron chi connectivity index (χ2n) is 2.42. The van der Waals surface area contributed by atoms with Gasteiger partial charge in [0.15, 0.2) is 0 Å². The zero-order valence-corrected chi connectivity index (χ0v) is 8.19. The first-order chi connectivity index (χ1) is 6.11. The van der Waals surface area contributed by atoms with Gasteiger partial charge in [-0.3, -0.25) is 0 Å². The maximum atomic E-state index is 11.1. The number of nitrogens with one attached hydrogen (secondary N) is 1. The van der Waals surface area contributed by atoms with Gasteiger partial charge in [0.2, 0.25) is 0 Å². The van der Waals surface area contributed by atoms with E-state index in [1.807, 2.05) is 4.98 Å².